The Bertz CT molecular complexity index is 629. The molecular weight excluding hydrogens is 626 g/mol. The van der Waals surface area contributed by atoms with E-state index in [0.717, 1.165) is 0 Å². The van der Waals surface area contributed by atoms with E-state index in [1.165, 1.54) is 0 Å². The molecule has 206 valence electrons. The molecule has 2 radical (unpaired) electrons. The summed E-state index contributed by atoms with van der Waals surface area (Å²) in [5.74, 6) is 0.458. The van der Waals surface area contributed by atoms with Crippen molar-refractivity contribution in [2.75, 3.05) is 0 Å². The second kappa shape index (κ2) is 45.2. The molecule has 0 aliphatic rings. The van der Waals surface area contributed by atoms with Crippen molar-refractivity contribution in [3.8, 4) is 0 Å². The Morgan fingerprint density at radius 3 is 0.711 bits per heavy atom. The molecule has 0 N–H and O–H groups in total. The van der Waals surface area contributed by atoms with Gasteiger partial charge in [0.25, 0.3) is 0 Å². The van der Waals surface area contributed by atoms with Crippen LogP contribution >= 0.6 is 0 Å². The summed E-state index contributed by atoms with van der Waals surface area (Å²) in [6.45, 7) is 20.1. The minimum Gasteiger partial charge on any atom is -0.335 e. The molecule has 0 unspecified atom stereocenters. The third-order valence-electron chi connectivity index (χ3n) is 3.25. The SMILES string of the molecule is C=C/C=C/C[CH-]C(C)=O.C=C/C=C/C[CH-]C(C)=O.C=C/C=C\C[CH-]C(C)=O.C=C/C=C\C[CH-]C(C)=O.[Y].[Y]. The first-order valence-corrected chi connectivity index (χ1v) is 11.5. The van der Waals surface area contributed by atoms with Crippen molar-refractivity contribution < 1.29 is 84.6 Å². The molecule has 0 saturated carbocycles. The molecule has 0 spiro atoms. The van der Waals surface area contributed by atoms with E-state index in [4.69, 9.17) is 0 Å². The molecule has 0 aromatic rings. The van der Waals surface area contributed by atoms with Crippen molar-refractivity contribution in [1.29, 1.82) is 0 Å². The molecule has 4 nitrogen and oxygen atoms in total. The molecule has 0 amide bonds. The minimum absolute atomic E-state index is 0. The Morgan fingerprint density at radius 2 is 0.605 bits per heavy atom. The fourth-order valence-corrected chi connectivity index (χ4v) is 1.64. The van der Waals surface area contributed by atoms with Gasteiger partial charge in [0.2, 0.25) is 0 Å². The molecule has 38 heavy (non-hydrogen) atoms. The molecule has 0 fully saturated rings. The van der Waals surface area contributed by atoms with Gasteiger partial charge in [0.05, 0.1) is 0 Å². The number of carbonyl (C=O) groups is 4. The van der Waals surface area contributed by atoms with Gasteiger partial charge in [0.15, 0.2) is 0 Å². The first-order chi connectivity index (χ1) is 17.1. The summed E-state index contributed by atoms with van der Waals surface area (Å²) in [4.78, 5) is 41.2. The van der Waals surface area contributed by atoms with Gasteiger partial charge in [-0.1, -0.05) is 74.9 Å². The predicted octanol–water partition coefficient (Wildman–Crippen LogP) is 7.64. The van der Waals surface area contributed by atoms with E-state index in [9.17, 15) is 19.2 Å². The number of carbonyl (C=O) groups excluding carboxylic acids is 4. The van der Waals surface area contributed by atoms with Gasteiger partial charge in [0, 0.05) is 65.4 Å². The van der Waals surface area contributed by atoms with E-state index in [2.05, 4.69) is 26.3 Å². The zero-order valence-corrected chi connectivity index (χ0v) is 29.4. The molecule has 6 heteroatoms. The van der Waals surface area contributed by atoms with Gasteiger partial charge >= 0.3 is 0 Å². The Labute approximate surface area is 283 Å². The van der Waals surface area contributed by atoms with Crippen LogP contribution in [0.2, 0.25) is 0 Å². The molecule has 0 rings (SSSR count). The average molecular weight is 671 g/mol. The van der Waals surface area contributed by atoms with Crippen molar-refractivity contribution >= 4 is 23.1 Å². The van der Waals surface area contributed by atoms with Crippen LogP contribution in [0.15, 0.2) is 99.2 Å². The monoisotopic (exact) mass is 670 g/mol. The fourth-order valence-electron chi connectivity index (χ4n) is 1.64. The standard InChI is InChI=1S/4C8H11O.2Y/c4*1-3-4-5-6-7-8(2)9;;/h4*3-5,7H,1,6H2,2H3;;/q4*-1;;/b2*5-4+;2*5-4-;;. The van der Waals surface area contributed by atoms with Crippen LogP contribution in [0.4, 0.5) is 0 Å². The number of ketones is 4. The normalized spacial score (nSPS) is 8.95. The summed E-state index contributed by atoms with van der Waals surface area (Å²) >= 11 is 0. The number of hydrogen-bond acceptors (Lipinski definition) is 4. The third kappa shape index (κ3) is 76.5. The van der Waals surface area contributed by atoms with E-state index in [1.54, 1.807) is 77.7 Å². The average Bonchev–Trinajstić information content (AvgIpc) is 2.81. The van der Waals surface area contributed by atoms with Gasteiger partial charge in [-0.25, -0.2) is 0 Å². The third-order valence-corrected chi connectivity index (χ3v) is 3.25. The predicted molar refractivity (Wildman–Crippen MR) is 156 cm³/mol. The quantitative estimate of drug-likeness (QED) is 0.125. The summed E-state index contributed by atoms with van der Waals surface area (Å²) in [7, 11) is 0. The Morgan fingerprint density at radius 1 is 0.447 bits per heavy atom. The van der Waals surface area contributed by atoms with Crippen LogP contribution in [0.5, 0.6) is 0 Å². The van der Waals surface area contributed by atoms with Crippen LogP contribution < -0.4 is 0 Å². The second-order valence-corrected chi connectivity index (χ2v) is 6.86. The van der Waals surface area contributed by atoms with E-state index in [-0.39, 0.29) is 88.6 Å². The van der Waals surface area contributed by atoms with E-state index < -0.39 is 0 Å². The summed E-state index contributed by atoms with van der Waals surface area (Å²) < 4.78 is 0. The van der Waals surface area contributed by atoms with Crippen molar-refractivity contribution in [3.63, 3.8) is 0 Å². The zero-order chi connectivity index (χ0) is 28.5. The molecule has 0 aromatic heterocycles. The maximum absolute atomic E-state index is 10.3. The Balaban J connectivity index is -0.0000000883. The summed E-state index contributed by atoms with van der Waals surface area (Å²) in [6, 6.07) is 0. The van der Waals surface area contributed by atoms with Crippen molar-refractivity contribution in [1.82, 2.24) is 0 Å². The molecule has 0 atom stereocenters. The Hall–Kier alpha value is -1.71. The molecule has 0 aromatic carbocycles. The van der Waals surface area contributed by atoms with Gasteiger partial charge in [-0.3, -0.25) is 0 Å². The number of allylic oxidation sites excluding steroid dienone is 12. The maximum atomic E-state index is 10.3. The van der Waals surface area contributed by atoms with E-state index >= 15 is 0 Å². The van der Waals surface area contributed by atoms with Crippen molar-refractivity contribution in [2.24, 2.45) is 0 Å². The number of rotatable bonds is 16. The van der Waals surface area contributed by atoms with Crippen LogP contribution in [0.1, 0.15) is 53.4 Å². The minimum atomic E-state index is 0. The van der Waals surface area contributed by atoms with Crippen molar-refractivity contribution in [2.45, 2.75) is 53.4 Å². The van der Waals surface area contributed by atoms with Gasteiger partial charge in [-0.2, -0.15) is 0 Å². The summed E-state index contributed by atoms with van der Waals surface area (Å²) in [5, 5.41) is 0. The van der Waals surface area contributed by atoms with Gasteiger partial charge in [0.1, 0.15) is 0 Å². The van der Waals surface area contributed by atoms with Crippen LogP contribution in [-0.4, -0.2) is 23.1 Å². The molecular formula is C32H44O4Y2-4. The summed E-state index contributed by atoms with van der Waals surface area (Å²) in [5.41, 5.74) is 0. The van der Waals surface area contributed by atoms with Crippen LogP contribution in [0.3, 0.4) is 0 Å². The summed E-state index contributed by atoms with van der Waals surface area (Å²) in [6.07, 6.45) is 30.9. The first-order valence-electron chi connectivity index (χ1n) is 11.5. The second-order valence-electron chi connectivity index (χ2n) is 6.86. The van der Waals surface area contributed by atoms with E-state index in [1.807, 2.05) is 48.6 Å². The molecule has 0 aliphatic carbocycles. The van der Waals surface area contributed by atoms with Crippen LogP contribution in [0, 0.1) is 25.7 Å². The number of hydrogen-bond donors (Lipinski definition) is 0. The molecule has 0 bridgehead atoms. The topological polar surface area (TPSA) is 68.3 Å². The van der Waals surface area contributed by atoms with Gasteiger partial charge in [-0.15, -0.1) is 50.0 Å². The first kappa shape index (κ1) is 49.3. The Kier molecular flexibility index (Phi) is 58.6. The fraction of sp³-hybridized carbons (Fsp3) is 0.250. The van der Waals surface area contributed by atoms with Gasteiger partial charge in [-0.05, 0) is 50.8 Å². The smallest absolute Gasteiger partial charge is 0 e. The number of Topliss-reactive ketones (excluding diaryl/α,β-unsaturated/α-hetero) is 4. The zero-order valence-electron chi connectivity index (χ0n) is 23.7. The largest absolute Gasteiger partial charge is 0.335 e. The molecule has 0 aliphatic heterocycles. The van der Waals surface area contributed by atoms with E-state index in [0.29, 0.717) is 25.7 Å². The van der Waals surface area contributed by atoms with Crippen LogP contribution in [0.25, 0.3) is 0 Å². The van der Waals surface area contributed by atoms with Crippen LogP contribution in [-0.2, 0) is 84.6 Å². The molecule has 0 saturated heterocycles. The molecule has 0 heterocycles. The van der Waals surface area contributed by atoms with Crippen molar-refractivity contribution in [3.05, 3.63) is 125 Å². The van der Waals surface area contributed by atoms with Gasteiger partial charge < -0.3 is 44.9 Å². The maximum Gasteiger partial charge on any atom is 0 e.